The van der Waals surface area contributed by atoms with Gasteiger partial charge in [-0.2, -0.15) is 0 Å². The van der Waals surface area contributed by atoms with Crippen molar-refractivity contribution in [2.75, 3.05) is 13.2 Å². The molecule has 1 aromatic carbocycles. The van der Waals surface area contributed by atoms with E-state index < -0.39 is 0 Å². The molecule has 5 heteroatoms. The summed E-state index contributed by atoms with van der Waals surface area (Å²) in [5.41, 5.74) is 9.27. The molecule has 0 saturated heterocycles. The molecule has 2 heterocycles. The van der Waals surface area contributed by atoms with Crippen LogP contribution in [0.4, 0.5) is 0 Å². The SMILES string of the molecule is Cl.NC[C@@H]1OCCc2c(-c3ccno3)cccc21. The number of aromatic nitrogens is 1. The quantitative estimate of drug-likeness (QED) is 0.906. The van der Waals surface area contributed by atoms with Gasteiger partial charge in [-0.25, -0.2) is 0 Å². The van der Waals surface area contributed by atoms with E-state index in [1.165, 1.54) is 11.1 Å². The lowest BCUT2D eigenvalue weighted by molar-refractivity contribution is 0.0486. The Bertz CT molecular complexity index is 514. The predicted octanol–water partition coefficient (Wildman–Crippen LogP) is 2.34. The summed E-state index contributed by atoms with van der Waals surface area (Å²) >= 11 is 0. The lowest BCUT2D eigenvalue weighted by atomic mass is 9.92. The topological polar surface area (TPSA) is 61.3 Å². The minimum absolute atomic E-state index is 0. The van der Waals surface area contributed by atoms with Gasteiger partial charge < -0.3 is 15.0 Å². The van der Waals surface area contributed by atoms with Gasteiger partial charge >= 0.3 is 0 Å². The van der Waals surface area contributed by atoms with Crippen LogP contribution in [-0.2, 0) is 11.2 Å². The van der Waals surface area contributed by atoms with Crippen LogP contribution in [0, 0.1) is 0 Å². The highest BCUT2D eigenvalue weighted by Crippen LogP contribution is 2.33. The van der Waals surface area contributed by atoms with Crippen molar-refractivity contribution >= 4 is 12.4 Å². The number of hydrogen-bond acceptors (Lipinski definition) is 4. The molecule has 4 nitrogen and oxygen atoms in total. The first-order valence-corrected chi connectivity index (χ1v) is 5.74. The van der Waals surface area contributed by atoms with E-state index in [0.29, 0.717) is 13.2 Å². The Morgan fingerprint density at radius 3 is 2.94 bits per heavy atom. The number of fused-ring (bicyclic) bond motifs is 1. The molecule has 0 aliphatic carbocycles. The molecule has 3 rings (SSSR count). The predicted molar refractivity (Wildman–Crippen MR) is 70.6 cm³/mol. The number of benzene rings is 1. The maximum Gasteiger partial charge on any atom is 0.167 e. The average Bonchev–Trinajstić information content (AvgIpc) is 2.91. The summed E-state index contributed by atoms with van der Waals surface area (Å²) in [6.07, 6.45) is 2.55. The number of nitrogens with two attached hydrogens (primary N) is 1. The number of halogens is 1. The van der Waals surface area contributed by atoms with Gasteiger partial charge in [0.1, 0.15) is 0 Å². The Kier molecular flexibility index (Phi) is 4.01. The van der Waals surface area contributed by atoms with E-state index in [0.717, 1.165) is 17.7 Å². The van der Waals surface area contributed by atoms with Gasteiger partial charge in [-0.05, 0) is 17.5 Å². The smallest absolute Gasteiger partial charge is 0.167 e. The van der Waals surface area contributed by atoms with E-state index in [1.807, 2.05) is 12.1 Å². The summed E-state index contributed by atoms with van der Waals surface area (Å²) in [6.45, 7) is 1.22. The van der Waals surface area contributed by atoms with Gasteiger partial charge in [0.15, 0.2) is 5.76 Å². The van der Waals surface area contributed by atoms with Crippen LogP contribution >= 0.6 is 12.4 Å². The maximum absolute atomic E-state index is 5.73. The summed E-state index contributed by atoms with van der Waals surface area (Å²) in [5, 5.41) is 3.76. The molecule has 0 bridgehead atoms. The highest BCUT2D eigenvalue weighted by molar-refractivity contribution is 5.85. The Morgan fingerprint density at radius 1 is 1.33 bits per heavy atom. The van der Waals surface area contributed by atoms with Gasteiger partial charge in [0.05, 0.1) is 18.9 Å². The normalized spacial score (nSPS) is 17.9. The molecule has 1 aliphatic heterocycles. The molecule has 1 atom stereocenters. The van der Waals surface area contributed by atoms with Crippen molar-refractivity contribution in [3.05, 3.63) is 41.6 Å². The van der Waals surface area contributed by atoms with Crippen LogP contribution in [-0.4, -0.2) is 18.3 Å². The zero-order valence-electron chi connectivity index (χ0n) is 9.83. The summed E-state index contributed by atoms with van der Waals surface area (Å²) < 4.78 is 10.9. The number of rotatable bonds is 2. The number of hydrogen-bond donors (Lipinski definition) is 1. The molecular weight excluding hydrogens is 252 g/mol. The summed E-state index contributed by atoms with van der Waals surface area (Å²) in [7, 11) is 0. The molecule has 0 amide bonds. The van der Waals surface area contributed by atoms with Crippen LogP contribution in [0.15, 0.2) is 35.0 Å². The van der Waals surface area contributed by atoms with E-state index in [-0.39, 0.29) is 18.5 Å². The van der Waals surface area contributed by atoms with Crippen LogP contribution in [0.25, 0.3) is 11.3 Å². The van der Waals surface area contributed by atoms with Crippen LogP contribution < -0.4 is 5.73 Å². The summed E-state index contributed by atoms with van der Waals surface area (Å²) in [5.74, 6) is 0.805. The third-order valence-corrected chi connectivity index (χ3v) is 3.15. The lowest BCUT2D eigenvalue weighted by Crippen LogP contribution is -2.23. The van der Waals surface area contributed by atoms with Crippen molar-refractivity contribution in [1.29, 1.82) is 0 Å². The molecule has 0 radical (unpaired) electrons. The van der Waals surface area contributed by atoms with Gasteiger partial charge in [0.25, 0.3) is 0 Å². The second kappa shape index (κ2) is 5.52. The fraction of sp³-hybridized carbons (Fsp3) is 0.308. The van der Waals surface area contributed by atoms with E-state index in [4.69, 9.17) is 15.0 Å². The van der Waals surface area contributed by atoms with E-state index in [1.54, 1.807) is 6.20 Å². The second-order valence-electron chi connectivity index (χ2n) is 4.10. The molecule has 2 aromatic rings. The van der Waals surface area contributed by atoms with Gasteiger partial charge in [-0.3, -0.25) is 0 Å². The molecule has 0 saturated carbocycles. The Morgan fingerprint density at radius 2 is 2.22 bits per heavy atom. The van der Waals surface area contributed by atoms with E-state index >= 15 is 0 Å². The molecule has 1 aromatic heterocycles. The Hall–Kier alpha value is -1.36. The largest absolute Gasteiger partial charge is 0.372 e. The van der Waals surface area contributed by atoms with Crippen molar-refractivity contribution < 1.29 is 9.26 Å². The standard InChI is InChI=1S/C13H14N2O2.ClH/c14-8-13-11-3-1-2-10(9(11)5-7-16-13)12-4-6-15-17-12;/h1-4,6,13H,5,7-8,14H2;1H/t13-;/m0./s1. The van der Waals surface area contributed by atoms with Crippen molar-refractivity contribution in [2.24, 2.45) is 5.73 Å². The Labute approximate surface area is 112 Å². The van der Waals surface area contributed by atoms with Crippen molar-refractivity contribution in [3.8, 4) is 11.3 Å². The Balaban J connectivity index is 0.00000120. The van der Waals surface area contributed by atoms with Crippen LogP contribution in [0.5, 0.6) is 0 Å². The highest BCUT2D eigenvalue weighted by Gasteiger charge is 2.22. The minimum atomic E-state index is 0. The van der Waals surface area contributed by atoms with Crippen molar-refractivity contribution in [1.82, 2.24) is 5.16 Å². The molecule has 18 heavy (non-hydrogen) atoms. The summed E-state index contributed by atoms with van der Waals surface area (Å²) in [6, 6.07) is 8.01. The minimum Gasteiger partial charge on any atom is -0.372 e. The molecule has 1 aliphatic rings. The van der Waals surface area contributed by atoms with E-state index in [2.05, 4.69) is 17.3 Å². The first-order chi connectivity index (χ1) is 8.40. The van der Waals surface area contributed by atoms with Gasteiger partial charge in [0, 0.05) is 18.2 Å². The fourth-order valence-corrected chi connectivity index (χ4v) is 2.36. The van der Waals surface area contributed by atoms with Crippen molar-refractivity contribution in [2.45, 2.75) is 12.5 Å². The second-order valence-corrected chi connectivity index (χ2v) is 4.10. The third kappa shape index (κ3) is 2.14. The molecule has 0 fully saturated rings. The van der Waals surface area contributed by atoms with Gasteiger partial charge in [0.2, 0.25) is 0 Å². The fourth-order valence-electron chi connectivity index (χ4n) is 2.36. The maximum atomic E-state index is 5.73. The van der Waals surface area contributed by atoms with Gasteiger partial charge in [-0.1, -0.05) is 23.4 Å². The molecule has 96 valence electrons. The number of nitrogens with zero attached hydrogens (tertiary/aromatic N) is 1. The molecule has 2 N–H and O–H groups in total. The first kappa shape index (κ1) is 13.1. The summed E-state index contributed by atoms with van der Waals surface area (Å²) in [4.78, 5) is 0. The first-order valence-electron chi connectivity index (χ1n) is 5.74. The van der Waals surface area contributed by atoms with Crippen LogP contribution in [0.1, 0.15) is 17.2 Å². The zero-order valence-corrected chi connectivity index (χ0v) is 10.7. The number of ether oxygens (including phenoxy) is 1. The third-order valence-electron chi connectivity index (χ3n) is 3.15. The van der Waals surface area contributed by atoms with Crippen LogP contribution in [0.2, 0.25) is 0 Å². The van der Waals surface area contributed by atoms with Gasteiger partial charge in [-0.15, -0.1) is 12.4 Å². The highest BCUT2D eigenvalue weighted by atomic mass is 35.5. The van der Waals surface area contributed by atoms with Crippen molar-refractivity contribution in [3.63, 3.8) is 0 Å². The zero-order chi connectivity index (χ0) is 11.7. The molecular formula is C13H15ClN2O2. The lowest BCUT2D eigenvalue weighted by Gasteiger charge is -2.26. The van der Waals surface area contributed by atoms with Crippen LogP contribution in [0.3, 0.4) is 0 Å². The monoisotopic (exact) mass is 266 g/mol. The molecule has 0 unspecified atom stereocenters. The molecule has 0 spiro atoms. The average molecular weight is 267 g/mol. The van der Waals surface area contributed by atoms with E-state index in [9.17, 15) is 0 Å².